The zero-order chi connectivity index (χ0) is 11.8. The lowest BCUT2D eigenvalue weighted by Crippen LogP contribution is -2.39. The van der Waals surface area contributed by atoms with Crippen molar-refractivity contribution >= 4 is 0 Å². The maximum atomic E-state index is 5.51. The summed E-state index contributed by atoms with van der Waals surface area (Å²) in [5.74, 6) is 3.04. The van der Waals surface area contributed by atoms with Crippen molar-refractivity contribution < 1.29 is 9.26 Å². The second kappa shape index (κ2) is 4.38. The molecule has 1 aromatic rings. The van der Waals surface area contributed by atoms with Crippen molar-refractivity contribution in [2.45, 2.75) is 37.6 Å². The molecular formula is C12H19N3O2. The Hall–Kier alpha value is -0.940. The fraction of sp³-hybridized carbons (Fsp3) is 0.833. The minimum Gasteiger partial charge on any atom is -0.381 e. The molecule has 1 aliphatic carbocycles. The third-order valence-electron chi connectivity index (χ3n) is 3.94. The fourth-order valence-electron chi connectivity index (χ4n) is 2.56. The molecule has 1 saturated heterocycles. The van der Waals surface area contributed by atoms with Crippen molar-refractivity contribution in [3.05, 3.63) is 11.7 Å². The normalized spacial score (nSPS) is 37.1. The van der Waals surface area contributed by atoms with E-state index < -0.39 is 0 Å². The summed E-state index contributed by atoms with van der Waals surface area (Å²) >= 11 is 0. The van der Waals surface area contributed by atoms with E-state index in [9.17, 15) is 0 Å². The van der Waals surface area contributed by atoms with Crippen molar-refractivity contribution in [1.82, 2.24) is 15.5 Å². The van der Waals surface area contributed by atoms with Gasteiger partial charge < -0.3 is 14.6 Å². The molecule has 0 bridgehead atoms. The number of rotatable bonds is 3. The van der Waals surface area contributed by atoms with E-state index >= 15 is 0 Å². The third kappa shape index (κ3) is 2.09. The summed E-state index contributed by atoms with van der Waals surface area (Å²) in [6.45, 7) is 3.71. The van der Waals surface area contributed by atoms with E-state index in [2.05, 4.69) is 22.4 Å². The van der Waals surface area contributed by atoms with Crippen LogP contribution in [0.2, 0.25) is 0 Å². The van der Waals surface area contributed by atoms with Crippen LogP contribution in [0.5, 0.6) is 0 Å². The highest BCUT2D eigenvalue weighted by atomic mass is 16.5. The lowest BCUT2D eigenvalue weighted by atomic mass is 9.96. The second-order valence-electron chi connectivity index (χ2n) is 5.18. The highest BCUT2D eigenvalue weighted by Gasteiger charge is 2.39. The number of hydrogen-bond donors (Lipinski definition) is 1. The van der Waals surface area contributed by atoms with Gasteiger partial charge in [-0.05, 0) is 25.8 Å². The van der Waals surface area contributed by atoms with Crippen LogP contribution in [0.4, 0.5) is 0 Å². The van der Waals surface area contributed by atoms with Crippen LogP contribution in [-0.4, -0.2) is 36.4 Å². The molecule has 5 heteroatoms. The van der Waals surface area contributed by atoms with Crippen LogP contribution < -0.4 is 5.32 Å². The first-order valence-corrected chi connectivity index (χ1v) is 6.38. The molecular weight excluding hydrogens is 218 g/mol. The van der Waals surface area contributed by atoms with Gasteiger partial charge in [-0.15, -0.1) is 0 Å². The number of nitrogens with one attached hydrogen (secondary N) is 1. The molecule has 1 aliphatic heterocycles. The molecule has 4 atom stereocenters. The molecule has 3 rings (SSSR count). The fourth-order valence-corrected chi connectivity index (χ4v) is 2.56. The SMILES string of the molecule is CNC1CCOCC1c1nc(C2CC2C)no1. The number of likely N-dealkylation sites (N-methyl/N-ethyl adjacent to an activating group) is 1. The molecule has 2 heterocycles. The first-order valence-electron chi connectivity index (χ1n) is 6.38. The Morgan fingerprint density at radius 2 is 2.18 bits per heavy atom. The van der Waals surface area contributed by atoms with Crippen molar-refractivity contribution in [2.75, 3.05) is 20.3 Å². The van der Waals surface area contributed by atoms with Crippen LogP contribution in [0.1, 0.15) is 43.3 Å². The van der Waals surface area contributed by atoms with E-state index in [4.69, 9.17) is 9.26 Å². The molecule has 94 valence electrons. The van der Waals surface area contributed by atoms with Gasteiger partial charge in [-0.3, -0.25) is 0 Å². The Labute approximate surface area is 101 Å². The number of nitrogens with zero attached hydrogens (tertiary/aromatic N) is 2. The van der Waals surface area contributed by atoms with E-state index in [1.54, 1.807) is 0 Å². The van der Waals surface area contributed by atoms with Gasteiger partial charge in [0.1, 0.15) is 0 Å². The van der Waals surface area contributed by atoms with E-state index in [1.165, 1.54) is 6.42 Å². The minimum absolute atomic E-state index is 0.198. The first kappa shape index (κ1) is 11.2. The van der Waals surface area contributed by atoms with Crippen LogP contribution in [0.3, 0.4) is 0 Å². The molecule has 5 nitrogen and oxygen atoms in total. The molecule has 0 aromatic carbocycles. The van der Waals surface area contributed by atoms with Gasteiger partial charge in [0.25, 0.3) is 0 Å². The van der Waals surface area contributed by atoms with Gasteiger partial charge in [0.05, 0.1) is 12.5 Å². The summed E-state index contributed by atoms with van der Waals surface area (Å²) in [6.07, 6.45) is 2.19. The zero-order valence-corrected chi connectivity index (χ0v) is 10.3. The standard InChI is InChI=1S/C12H19N3O2/c1-7-5-8(7)11-14-12(17-15-11)9-6-16-4-3-10(9)13-2/h7-10,13H,3-6H2,1-2H3. The van der Waals surface area contributed by atoms with Crippen molar-refractivity contribution in [2.24, 2.45) is 5.92 Å². The Morgan fingerprint density at radius 3 is 2.88 bits per heavy atom. The first-order chi connectivity index (χ1) is 8.29. The summed E-state index contributed by atoms with van der Waals surface area (Å²) in [5, 5.41) is 7.41. The van der Waals surface area contributed by atoms with E-state index in [1.807, 2.05) is 7.05 Å². The molecule has 2 aliphatic rings. The molecule has 4 unspecified atom stereocenters. The molecule has 1 saturated carbocycles. The summed E-state index contributed by atoms with van der Waals surface area (Å²) in [5.41, 5.74) is 0. The quantitative estimate of drug-likeness (QED) is 0.858. The lowest BCUT2D eigenvalue weighted by Gasteiger charge is -2.28. The Bertz CT molecular complexity index is 393. The number of aromatic nitrogens is 2. The molecule has 0 spiro atoms. The predicted octanol–water partition coefficient (Wildman–Crippen LogP) is 1.28. The smallest absolute Gasteiger partial charge is 0.233 e. The molecule has 1 N–H and O–H groups in total. The molecule has 0 amide bonds. The highest BCUT2D eigenvalue weighted by Crippen LogP contribution is 2.45. The summed E-state index contributed by atoms with van der Waals surface area (Å²) in [7, 11) is 1.98. The van der Waals surface area contributed by atoms with Crippen molar-refractivity contribution in [1.29, 1.82) is 0 Å². The number of hydrogen-bond acceptors (Lipinski definition) is 5. The topological polar surface area (TPSA) is 60.2 Å². The van der Waals surface area contributed by atoms with Crippen LogP contribution in [0.15, 0.2) is 4.52 Å². The van der Waals surface area contributed by atoms with Gasteiger partial charge in [0, 0.05) is 18.6 Å². The lowest BCUT2D eigenvalue weighted by molar-refractivity contribution is 0.0516. The summed E-state index contributed by atoms with van der Waals surface area (Å²) in [4.78, 5) is 4.55. The Balaban J connectivity index is 1.75. The van der Waals surface area contributed by atoms with Gasteiger partial charge in [0.15, 0.2) is 5.82 Å². The third-order valence-corrected chi connectivity index (χ3v) is 3.94. The van der Waals surface area contributed by atoms with Crippen LogP contribution >= 0.6 is 0 Å². The summed E-state index contributed by atoms with van der Waals surface area (Å²) in [6, 6.07) is 0.383. The van der Waals surface area contributed by atoms with Crippen LogP contribution in [-0.2, 0) is 4.74 Å². The van der Waals surface area contributed by atoms with Gasteiger partial charge in [-0.1, -0.05) is 12.1 Å². The molecule has 0 radical (unpaired) electrons. The Kier molecular flexibility index (Phi) is 2.88. The van der Waals surface area contributed by atoms with Gasteiger partial charge >= 0.3 is 0 Å². The van der Waals surface area contributed by atoms with Crippen molar-refractivity contribution in [3.8, 4) is 0 Å². The molecule has 17 heavy (non-hydrogen) atoms. The van der Waals surface area contributed by atoms with Gasteiger partial charge in [0.2, 0.25) is 5.89 Å². The molecule has 2 fully saturated rings. The van der Waals surface area contributed by atoms with E-state index in [-0.39, 0.29) is 5.92 Å². The average molecular weight is 237 g/mol. The monoisotopic (exact) mass is 237 g/mol. The average Bonchev–Trinajstić information content (AvgIpc) is 2.92. The predicted molar refractivity (Wildman–Crippen MR) is 61.8 cm³/mol. The second-order valence-corrected chi connectivity index (χ2v) is 5.18. The highest BCUT2D eigenvalue weighted by molar-refractivity contribution is 5.10. The van der Waals surface area contributed by atoms with E-state index in [0.29, 0.717) is 24.5 Å². The Morgan fingerprint density at radius 1 is 1.35 bits per heavy atom. The van der Waals surface area contributed by atoms with Crippen LogP contribution in [0, 0.1) is 5.92 Å². The van der Waals surface area contributed by atoms with Crippen LogP contribution in [0.25, 0.3) is 0 Å². The largest absolute Gasteiger partial charge is 0.381 e. The zero-order valence-electron chi connectivity index (χ0n) is 10.3. The van der Waals surface area contributed by atoms with E-state index in [0.717, 1.165) is 24.7 Å². The molecule has 1 aromatic heterocycles. The minimum atomic E-state index is 0.198. The summed E-state index contributed by atoms with van der Waals surface area (Å²) < 4.78 is 10.9. The van der Waals surface area contributed by atoms with Gasteiger partial charge in [-0.25, -0.2) is 0 Å². The van der Waals surface area contributed by atoms with Gasteiger partial charge in [-0.2, -0.15) is 4.98 Å². The van der Waals surface area contributed by atoms with Crippen molar-refractivity contribution in [3.63, 3.8) is 0 Å². The maximum absolute atomic E-state index is 5.51. The maximum Gasteiger partial charge on any atom is 0.233 e. The number of ether oxygens (including phenoxy) is 1.